The first kappa shape index (κ1) is 24.6. The van der Waals surface area contributed by atoms with Crippen molar-refractivity contribution in [3.05, 3.63) is 85.4 Å². The number of benzene rings is 2. The topological polar surface area (TPSA) is 71.3 Å². The van der Waals surface area contributed by atoms with Crippen molar-refractivity contribution in [3.63, 3.8) is 0 Å². The summed E-state index contributed by atoms with van der Waals surface area (Å²) < 4.78 is 54.0. The summed E-state index contributed by atoms with van der Waals surface area (Å²) in [5, 5.41) is 13.5. The lowest BCUT2D eigenvalue weighted by Gasteiger charge is -2.15. The van der Waals surface area contributed by atoms with E-state index in [0.717, 1.165) is 16.7 Å². The summed E-state index contributed by atoms with van der Waals surface area (Å²) in [7, 11) is 1.18. The molecule has 3 rings (SSSR count). The van der Waals surface area contributed by atoms with Gasteiger partial charge in [0.25, 0.3) is 11.5 Å². The van der Waals surface area contributed by atoms with E-state index in [-0.39, 0.29) is 24.2 Å². The highest BCUT2D eigenvalue weighted by Gasteiger charge is 2.32. The Kier molecular flexibility index (Phi) is 7.04. The number of hydrogen-bond donors (Lipinski definition) is 2. The van der Waals surface area contributed by atoms with Gasteiger partial charge in [-0.1, -0.05) is 29.3 Å². The molecule has 2 aromatic carbocycles. The number of rotatable bonds is 5. The predicted octanol–water partition coefficient (Wildman–Crippen LogP) is 5.20. The Labute approximate surface area is 195 Å². The number of amides is 1. The molecule has 174 valence electrons. The summed E-state index contributed by atoms with van der Waals surface area (Å²) in [6.45, 7) is 0.0322. The molecule has 0 fully saturated rings. The second-order valence-corrected chi connectivity index (χ2v) is 7.90. The summed E-state index contributed by atoms with van der Waals surface area (Å²) in [5.74, 6) is -2.94. The van der Waals surface area contributed by atoms with Crippen LogP contribution in [0.1, 0.15) is 21.5 Å². The number of carbonyl (C=O) groups is 1. The monoisotopic (exact) mass is 502 g/mol. The second kappa shape index (κ2) is 9.44. The van der Waals surface area contributed by atoms with Crippen LogP contribution in [0.15, 0.2) is 47.3 Å². The Morgan fingerprint density at radius 3 is 2.36 bits per heavy atom. The lowest BCUT2D eigenvalue weighted by Crippen LogP contribution is -2.29. The van der Waals surface area contributed by atoms with Gasteiger partial charge >= 0.3 is 6.18 Å². The van der Waals surface area contributed by atoms with Gasteiger partial charge in [0.2, 0.25) is 0 Å². The lowest BCUT2D eigenvalue weighted by atomic mass is 10.0. The first-order valence-electron chi connectivity index (χ1n) is 9.42. The van der Waals surface area contributed by atoms with Crippen LogP contribution in [0, 0.1) is 5.82 Å². The smallest absolute Gasteiger partial charge is 0.416 e. The fraction of sp³-hybridized carbons (Fsp3) is 0.182. The van der Waals surface area contributed by atoms with Crippen molar-refractivity contribution < 1.29 is 27.5 Å². The Morgan fingerprint density at radius 2 is 1.76 bits per heavy atom. The Hall–Kier alpha value is -3.04. The average molecular weight is 503 g/mol. The fourth-order valence-electron chi connectivity index (χ4n) is 3.20. The number of nitrogens with zero attached hydrogens (tertiary/aromatic N) is 1. The molecule has 0 atom stereocenters. The zero-order chi connectivity index (χ0) is 24.5. The summed E-state index contributed by atoms with van der Waals surface area (Å²) in [6.07, 6.45) is -4.59. The number of carbonyl (C=O) groups excluding carboxylic acids is 1. The Morgan fingerprint density at radius 1 is 1.12 bits per heavy atom. The molecule has 11 heteroatoms. The Bertz CT molecular complexity index is 1270. The van der Waals surface area contributed by atoms with Gasteiger partial charge in [0, 0.05) is 29.2 Å². The molecule has 5 nitrogen and oxygen atoms in total. The third-order valence-corrected chi connectivity index (χ3v) is 5.60. The minimum absolute atomic E-state index is 0.0322. The van der Waals surface area contributed by atoms with Crippen molar-refractivity contribution >= 4 is 29.1 Å². The van der Waals surface area contributed by atoms with Crippen LogP contribution in [0.2, 0.25) is 10.0 Å². The number of aromatic nitrogens is 1. The highest BCUT2D eigenvalue weighted by atomic mass is 35.5. The van der Waals surface area contributed by atoms with E-state index in [2.05, 4.69) is 5.32 Å². The average Bonchev–Trinajstić information content (AvgIpc) is 2.73. The maximum atomic E-state index is 13.9. The fourth-order valence-corrected chi connectivity index (χ4v) is 3.79. The van der Waals surface area contributed by atoms with Crippen LogP contribution in [0.3, 0.4) is 0 Å². The van der Waals surface area contributed by atoms with Crippen molar-refractivity contribution in [2.75, 3.05) is 6.54 Å². The van der Waals surface area contributed by atoms with Crippen LogP contribution in [0.25, 0.3) is 11.3 Å². The zero-order valence-corrected chi connectivity index (χ0v) is 18.4. The highest BCUT2D eigenvalue weighted by molar-refractivity contribution is 6.36. The molecule has 1 heterocycles. The van der Waals surface area contributed by atoms with Gasteiger partial charge in [0.15, 0.2) is 5.75 Å². The molecular formula is C22H16Cl2F4N2O3. The SMILES string of the molecule is Cn1c(-c2cc(F)cc(C(F)(F)F)c2)cc(C(=O)NCCc2c(Cl)cccc2Cl)c(O)c1=O. The third-order valence-electron chi connectivity index (χ3n) is 4.89. The molecule has 0 aliphatic heterocycles. The molecule has 0 unspecified atom stereocenters. The van der Waals surface area contributed by atoms with E-state index < -0.39 is 40.3 Å². The summed E-state index contributed by atoms with van der Waals surface area (Å²) in [4.78, 5) is 25.0. The minimum atomic E-state index is -4.83. The largest absolute Gasteiger partial charge is 0.502 e. The van der Waals surface area contributed by atoms with Gasteiger partial charge in [-0.15, -0.1) is 0 Å². The first-order chi connectivity index (χ1) is 15.4. The van der Waals surface area contributed by atoms with Gasteiger partial charge in [0.1, 0.15) is 5.82 Å². The third kappa shape index (κ3) is 5.31. The van der Waals surface area contributed by atoms with Crippen molar-refractivity contribution in [2.24, 2.45) is 7.05 Å². The van der Waals surface area contributed by atoms with Crippen molar-refractivity contribution in [1.29, 1.82) is 0 Å². The van der Waals surface area contributed by atoms with E-state index in [0.29, 0.717) is 27.7 Å². The molecule has 1 aromatic heterocycles. The van der Waals surface area contributed by atoms with E-state index in [1.54, 1.807) is 18.2 Å². The standard InChI is InChI=1S/C22H16Cl2F4N2O3/c1-30-18(11-7-12(22(26,27)28)9-13(25)8-11)10-15(19(31)21(30)33)20(32)29-6-5-14-16(23)3-2-4-17(14)24/h2-4,7-10,31H,5-6H2,1H3,(H,29,32). The van der Waals surface area contributed by atoms with Crippen LogP contribution in [-0.2, 0) is 19.6 Å². The maximum absolute atomic E-state index is 13.9. The molecule has 3 aromatic rings. The van der Waals surface area contributed by atoms with Crippen molar-refractivity contribution in [3.8, 4) is 17.0 Å². The van der Waals surface area contributed by atoms with Crippen LogP contribution in [0.4, 0.5) is 17.6 Å². The number of halogens is 6. The van der Waals surface area contributed by atoms with E-state index in [4.69, 9.17) is 23.2 Å². The second-order valence-electron chi connectivity index (χ2n) is 7.09. The predicted molar refractivity (Wildman–Crippen MR) is 116 cm³/mol. The number of hydrogen-bond acceptors (Lipinski definition) is 3. The molecule has 0 aliphatic carbocycles. The van der Waals surface area contributed by atoms with Crippen molar-refractivity contribution in [2.45, 2.75) is 12.6 Å². The number of aromatic hydroxyl groups is 1. The molecule has 0 saturated heterocycles. The van der Waals surface area contributed by atoms with E-state index in [9.17, 15) is 32.3 Å². The van der Waals surface area contributed by atoms with Gasteiger partial charge in [-0.3, -0.25) is 9.59 Å². The molecular weight excluding hydrogens is 487 g/mol. The van der Waals surface area contributed by atoms with Crippen LogP contribution < -0.4 is 10.9 Å². The summed E-state index contributed by atoms with van der Waals surface area (Å²) >= 11 is 12.2. The van der Waals surface area contributed by atoms with Gasteiger partial charge in [-0.2, -0.15) is 13.2 Å². The molecule has 0 aliphatic rings. The summed E-state index contributed by atoms with van der Waals surface area (Å²) in [5.41, 5.74) is -2.68. The van der Waals surface area contributed by atoms with Gasteiger partial charge in [-0.05, 0) is 48.4 Å². The van der Waals surface area contributed by atoms with Gasteiger partial charge in [0.05, 0.1) is 16.8 Å². The highest BCUT2D eigenvalue weighted by Crippen LogP contribution is 2.33. The molecule has 0 bridgehead atoms. The van der Waals surface area contributed by atoms with Crippen LogP contribution in [0.5, 0.6) is 5.75 Å². The van der Waals surface area contributed by atoms with E-state index in [1.807, 2.05) is 0 Å². The molecule has 33 heavy (non-hydrogen) atoms. The van der Waals surface area contributed by atoms with E-state index >= 15 is 0 Å². The quantitative estimate of drug-likeness (QED) is 0.471. The number of nitrogens with one attached hydrogen (secondary N) is 1. The minimum Gasteiger partial charge on any atom is -0.502 e. The number of alkyl halides is 3. The van der Waals surface area contributed by atoms with E-state index in [1.165, 1.54) is 7.05 Å². The normalized spacial score (nSPS) is 11.5. The van der Waals surface area contributed by atoms with Crippen LogP contribution >= 0.6 is 23.2 Å². The zero-order valence-electron chi connectivity index (χ0n) is 16.9. The van der Waals surface area contributed by atoms with Crippen molar-refractivity contribution in [1.82, 2.24) is 9.88 Å². The summed E-state index contributed by atoms with van der Waals surface area (Å²) in [6, 6.07) is 7.68. The number of pyridine rings is 1. The maximum Gasteiger partial charge on any atom is 0.416 e. The van der Waals surface area contributed by atoms with Gasteiger partial charge in [-0.25, -0.2) is 4.39 Å². The first-order valence-corrected chi connectivity index (χ1v) is 10.2. The lowest BCUT2D eigenvalue weighted by molar-refractivity contribution is -0.137. The molecule has 1 amide bonds. The van der Waals surface area contributed by atoms with Crippen LogP contribution in [-0.4, -0.2) is 22.1 Å². The molecule has 2 N–H and O–H groups in total. The molecule has 0 saturated carbocycles. The Balaban J connectivity index is 1.94. The molecule has 0 spiro atoms. The molecule has 0 radical (unpaired) electrons. The van der Waals surface area contributed by atoms with Gasteiger partial charge < -0.3 is 15.0 Å².